The Balaban J connectivity index is 1.58. The summed E-state index contributed by atoms with van der Waals surface area (Å²) in [4.78, 5) is 36.6. The molecule has 0 saturated heterocycles. The van der Waals surface area contributed by atoms with E-state index in [4.69, 9.17) is 9.72 Å². The number of aromatic nitrogens is 4. The van der Waals surface area contributed by atoms with E-state index in [9.17, 15) is 19.2 Å². The van der Waals surface area contributed by atoms with Crippen LogP contribution >= 0.6 is 23.1 Å². The normalized spacial score (nSPS) is 11.3. The van der Waals surface area contributed by atoms with Gasteiger partial charge in [-0.05, 0) is 29.8 Å². The van der Waals surface area contributed by atoms with E-state index < -0.39 is 0 Å². The Labute approximate surface area is 218 Å². The molecule has 5 rings (SSSR count). The lowest BCUT2D eigenvalue weighted by Gasteiger charge is -2.14. The van der Waals surface area contributed by atoms with E-state index in [-0.39, 0.29) is 35.8 Å². The van der Waals surface area contributed by atoms with E-state index in [1.54, 1.807) is 48.1 Å². The Morgan fingerprint density at radius 1 is 1.08 bits per heavy atom. The number of benzene rings is 2. The van der Waals surface area contributed by atoms with E-state index in [2.05, 4.69) is 4.98 Å². The van der Waals surface area contributed by atoms with Gasteiger partial charge in [0.2, 0.25) is 0 Å². The average molecular weight is 534 g/mol. The molecule has 0 fully saturated rings. The first-order valence-corrected chi connectivity index (χ1v) is 13.1. The molecular formula is C26H20FN5O3S2. The Bertz CT molecular complexity index is 1770. The number of hydrogen-bond acceptors (Lipinski definition) is 8. The number of methoxy groups -OCH3 is 1. The second-order valence-electron chi connectivity index (χ2n) is 8.06. The average Bonchev–Trinajstić information content (AvgIpc) is 3.33. The molecule has 0 unspecified atom stereocenters. The SMILES string of the molecule is COCCn1c(SCc2nc3ccccc3c(=O)n2CC#N)nc2scc(-c3ccc(F)cc3)c2c1=O. The summed E-state index contributed by atoms with van der Waals surface area (Å²) in [5.41, 5.74) is 1.45. The molecule has 0 N–H and O–H groups in total. The van der Waals surface area contributed by atoms with Crippen molar-refractivity contribution in [1.82, 2.24) is 19.1 Å². The van der Waals surface area contributed by atoms with Crippen molar-refractivity contribution in [2.75, 3.05) is 13.7 Å². The number of rotatable bonds is 8. The summed E-state index contributed by atoms with van der Waals surface area (Å²) in [6.45, 7) is 0.432. The van der Waals surface area contributed by atoms with Crippen LogP contribution < -0.4 is 11.1 Å². The third kappa shape index (κ3) is 4.79. The molecule has 0 spiro atoms. The van der Waals surface area contributed by atoms with Crippen LogP contribution in [0.2, 0.25) is 0 Å². The van der Waals surface area contributed by atoms with Crippen molar-refractivity contribution in [3.63, 3.8) is 0 Å². The molecular weight excluding hydrogens is 513 g/mol. The van der Waals surface area contributed by atoms with Gasteiger partial charge in [0.15, 0.2) is 5.16 Å². The molecule has 8 nitrogen and oxygen atoms in total. The van der Waals surface area contributed by atoms with E-state index >= 15 is 0 Å². The molecule has 186 valence electrons. The van der Waals surface area contributed by atoms with Gasteiger partial charge in [0, 0.05) is 18.1 Å². The Kier molecular flexibility index (Phi) is 7.14. The number of thiophene rings is 1. The van der Waals surface area contributed by atoms with Crippen LogP contribution in [-0.2, 0) is 23.6 Å². The summed E-state index contributed by atoms with van der Waals surface area (Å²) in [5.74, 6) is 0.291. The van der Waals surface area contributed by atoms with Gasteiger partial charge in [0.05, 0.1) is 41.3 Å². The molecule has 0 aliphatic rings. The van der Waals surface area contributed by atoms with Crippen LogP contribution in [0.3, 0.4) is 0 Å². The lowest BCUT2D eigenvalue weighted by Crippen LogP contribution is -2.26. The second-order valence-corrected chi connectivity index (χ2v) is 9.86. The first-order chi connectivity index (χ1) is 18.0. The van der Waals surface area contributed by atoms with Gasteiger partial charge in [0.25, 0.3) is 11.1 Å². The van der Waals surface area contributed by atoms with E-state index in [1.165, 1.54) is 39.8 Å². The van der Waals surface area contributed by atoms with Gasteiger partial charge in [-0.25, -0.2) is 14.4 Å². The predicted molar refractivity (Wildman–Crippen MR) is 142 cm³/mol. The minimum atomic E-state index is -0.352. The topological polar surface area (TPSA) is 103 Å². The smallest absolute Gasteiger partial charge is 0.263 e. The van der Waals surface area contributed by atoms with Gasteiger partial charge in [-0.1, -0.05) is 36.0 Å². The third-order valence-electron chi connectivity index (χ3n) is 5.83. The summed E-state index contributed by atoms with van der Waals surface area (Å²) in [6.07, 6.45) is 0. The number of nitriles is 1. The van der Waals surface area contributed by atoms with E-state index in [0.717, 1.165) is 5.56 Å². The molecule has 3 aromatic heterocycles. The Morgan fingerprint density at radius 2 is 1.86 bits per heavy atom. The maximum Gasteiger partial charge on any atom is 0.263 e. The number of halogens is 1. The lowest BCUT2D eigenvalue weighted by atomic mass is 10.1. The lowest BCUT2D eigenvalue weighted by molar-refractivity contribution is 0.183. The molecule has 0 atom stereocenters. The van der Waals surface area contributed by atoms with Crippen molar-refractivity contribution in [3.8, 4) is 17.2 Å². The van der Waals surface area contributed by atoms with Crippen molar-refractivity contribution in [3.05, 3.63) is 86.3 Å². The van der Waals surface area contributed by atoms with Crippen molar-refractivity contribution in [2.24, 2.45) is 0 Å². The van der Waals surface area contributed by atoms with E-state index in [0.29, 0.717) is 44.3 Å². The summed E-state index contributed by atoms with van der Waals surface area (Å²) >= 11 is 2.60. The van der Waals surface area contributed by atoms with Gasteiger partial charge in [-0.3, -0.25) is 18.7 Å². The summed E-state index contributed by atoms with van der Waals surface area (Å²) in [5, 5.41) is 12.5. The molecule has 2 aromatic carbocycles. The maximum absolute atomic E-state index is 13.7. The molecule has 11 heteroatoms. The molecule has 0 aliphatic heterocycles. The summed E-state index contributed by atoms with van der Waals surface area (Å²) < 4.78 is 21.6. The van der Waals surface area contributed by atoms with Crippen molar-refractivity contribution in [2.45, 2.75) is 24.0 Å². The molecule has 37 heavy (non-hydrogen) atoms. The zero-order chi connectivity index (χ0) is 25.9. The van der Waals surface area contributed by atoms with Crippen LogP contribution in [0, 0.1) is 17.1 Å². The minimum Gasteiger partial charge on any atom is -0.383 e. The predicted octanol–water partition coefficient (Wildman–Crippen LogP) is 4.44. The number of nitrogens with zero attached hydrogens (tertiary/aromatic N) is 5. The zero-order valence-electron chi connectivity index (χ0n) is 19.7. The quantitative estimate of drug-likeness (QED) is 0.215. The highest BCUT2D eigenvalue weighted by molar-refractivity contribution is 7.98. The number of hydrogen-bond donors (Lipinski definition) is 0. The largest absolute Gasteiger partial charge is 0.383 e. The molecule has 0 saturated carbocycles. The van der Waals surface area contributed by atoms with Crippen LogP contribution in [-0.4, -0.2) is 32.8 Å². The van der Waals surface area contributed by atoms with Crippen LogP contribution in [0.5, 0.6) is 0 Å². The molecule has 3 heterocycles. The van der Waals surface area contributed by atoms with E-state index in [1.807, 2.05) is 11.4 Å². The molecule has 0 radical (unpaired) electrons. The second kappa shape index (κ2) is 10.6. The molecule has 0 amide bonds. The van der Waals surface area contributed by atoms with Crippen LogP contribution in [0.25, 0.3) is 32.2 Å². The number of para-hydroxylation sites is 1. The fourth-order valence-electron chi connectivity index (χ4n) is 4.02. The first kappa shape index (κ1) is 24.8. The highest BCUT2D eigenvalue weighted by atomic mass is 32.2. The molecule has 0 bridgehead atoms. The van der Waals surface area contributed by atoms with Crippen molar-refractivity contribution in [1.29, 1.82) is 5.26 Å². The maximum atomic E-state index is 13.7. The Morgan fingerprint density at radius 3 is 2.62 bits per heavy atom. The van der Waals surface area contributed by atoms with Gasteiger partial charge in [-0.2, -0.15) is 5.26 Å². The van der Waals surface area contributed by atoms with Crippen molar-refractivity contribution >= 4 is 44.2 Å². The standard InChI is InChI=1S/C26H20FN5O3S2/c1-35-13-12-32-25(34)22-19(16-6-8-17(27)9-7-16)14-36-23(22)30-26(32)37-15-21-29-20-5-3-2-4-18(20)24(33)31(21)11-10-28/h2-9,14H,11-13,15H2,1H3. The van der Waals surface area contributed by atoms with Crippen LogP contribution in [0.1, 0.15) is 5.82 Å². The molecule has 5 aromatic rings. The van der Waals surface area contributed by atoms with Gasteiger partial charge < -0.3 is 4.74 Å². The monoisotopic (exact) mass is 533 g/mol. The number of thioether (sulfide) groups is 1. The summed E-state index contributed by atoms with van der Waals surface area (Å²) in [7, 11) is 1.55. The first-order valence-electron chi connectivity index (χ1n) is 11.3. The highest BCUT2D eigenvalue weighted by Crippen LogP contribution is 2.33. The highest BCUT2D eigenvalue weighted by Gasteiger charge is 2.19. The minimum absolute atomic E-state index is 0.137. The fourth-order valence-corrected chi connectivity index (χ4v) is 5.98. The van der Waals surface area contributed by atoms with Crippen molar-refractivity contribution < 1.29 is 9.13 Å². The zero-order valence-corrected chi connectivity index (χ0v) is 21.3. The number of fused-ring (bicyclic) bond motifs is 2. The number of ether oxygens (including phenoxy) is 1. The fraction of sp³-hybridized carbons (Fsp3) is 0.192. The third-order valence-corrected chi connectivity index (χ3v) is 7.68. The van der Waals surface area contributed by atoms with Gasteiger partial charge >= 0.3 is 0 Å². The van der Waals surface area contributed by atoms with Gasteiger partial charge in [-0.15, -0.1) is 11.3 Å². The molecule has 0 aliphatic carbocycles. The van der Waals surface area contributed by atoms with Crippen LogP contribution in [0.4, 0.5) is 4.39 Å². The van der Waals surface area contributed by atoms with Gasteiger partial charge in [0.1, 0.15) is 23.0 Å². The Hall–Kier alpha value is -3.85. The van der Waals surface area contributed by atoms with Crippen LogP contribution in [0.15, 0.2) is 68.7 Å². The summed E-state index contributed by atoms with van der Waals surface area (Å²) in [6, 6.07) is 15.0.